The summed E-state index contributed by atoms with van der Waals surface area (Å²) in [6, 6.07) is 3.72. The zero-order valence-electron chi connectivity index (χ0n) is 8.50. The first kappa shape index (κ1) is 9.58. The fourth-order valence-corrected chi connectivity index (χ4v) is 1.70. The number of benzene rings is 1. The number of aryl methyl sites for hydroxylation is 1. The fraction of sp³-hybridized carbons (Fsp3) is 0.182. The van der Waals surface area contributed by atoms with Gasteiger partial charge < -0.3 is 14.8 Å². The molecular formula is C11H11NO3. The molecule has 78 valence electrons. The SMILES string of the molecule is COc1cc(C)cc2[nH]cc(C(=O)O)c12. The van der Waals surface area contributed by atoms with Crippen LogP contribution < -0.4 is 4.74 Å². The van der Waals surface area contributed by atoms with E-state index in [1.165, 1.54) is 13.3 Å². The van der Waals surface area contributed by atoms with Crippen LogP contribution in [0.4, 0.5) is 0 Å². The second kappa shape index (κ2) is 3.31. The van der Waals surface area contributed by atoms with Gasteiger partial charge in [-0.05, 0) is 24.6 Å². The Morgan fingerprint density at radius 2 is 2.20 bits per heavy atom. The van der Waals surface area contributed by atoms with Crippen molar-refractivity contribution in [2.75, 3.05) is 7.11 Å². The van der Waals surface area contributed by atoms with E-state index in [-0.39, 0.29) is 5.56 Å². The Hall–Kier alpha value is -1.97. The van der Waals surface area contributed by atoms with E-state index in [0.717, 1.165) is 11.1 Å². The first-order chi connectivity index (χ1) is 7.13. The number of aromatic amines is 1. The number of hydrogen-bond acceptors (Lipinski definition) is 2. The van der Waals surface area contributed by atoms with Gasteiger partial charge in [-0.25, -0.2) is 4.79 Å². The third-order valence-corrected chi connectivity index (χ3v) is 2.34. The van der Waals surface area contributed by atoms with E-state index in [2.05, 4.69) is 4.98 Å². The van der Waals surface area contributed by atoms with Crippen LogP contribution in [0.5, 0.6) is 5.75 Å². The Morgan fingerprint density at radius 3 is 2.80 bits per heavy atom. The summed E-state index contributed by atoms with van der Waals surface area (Å²) < 4.78 is 5.17. The predicted octanol–water partition coefficient (Wildman–Crippen LogP) is 2.18. The summed E-state index contributed by atoms with van der Waals surface area (Å²) in [5.74, 6) is -0.368. The Bertz CT molecular complexity index is 528. The predicted molar refractivity (Wildman–Crippen MR) is 56.5 cm³/mol. The smallest absolute Gasteiger partial charge is 0.338 e. The highest BCUT2D eigenvalue weighted by molar-refractivity contribution is 6.06. The number of carboxylic acid groups (broad SMARTS) is 1. The minimum atomic E-state index is -0.955. The van der Waals surface area contributed by atoms with E-state index < -0.39 is 5.97 Å². The Labute approximate surface area is 86.5 Å². The maximum Gasteiger partial charge on any atom is 0.338 e. The third kappa shape index (κ3) is 1.44. The average Bonchev–Trinajstić information content (AvgIpc) is 2.59. The van der Waals surface area contributed by atoms with Gasteiger partial charge in [0.2, 0.25) is 0 Å². The van der Waals surface area contributed by atoms with E-state index in [1.54, 1.807) is 0 Å². The molecule has 0 saturated heterocycles. The largest absolute Gasteiger partial charge is 0.496 e. The van der Waals surface area contributed by atoms with Gasteiger partial charge in [0.25, 0.3) is 0 Å². The van der Waals surface area contributed by atoms with Crippen LogP contribution in [-0.2, 0) is 0 Å². The number of aromatic nitrogens is 1. The topological polar surface area (TPSA) is 62.3 Å². The lowest BCUT2D eigenvalue weighted by atomic mass is 10.1. The number of aromatic carboxylic acids is 1. The highest BCUT2D eigenvalue weighted by atomic mass is 16.5. The minimum Gasteiger partial charge on any atom is -0.496 e. The van der Waals surface area contributed by atoms with Gasteiger partial charge in [-0.3, -0.25) is 0 Å². The maximum atomic E-state index is 11.0. The quantitative estimate of drug-likeness (QED) is 0.789. The van der Waals surface area contributed by atoms with Crippen molar-refractivity contribution < 1.29 is 14.6 Å². The molecule has 0 radical (unpaired) electrons. The van der Waals surface area contributed by atoms with E-state index in [0.29, 0.717) is 11.1 Å². The van der Waals surface area contributed by atoms with Crippen molar-refractivity contribution in [3.05, 3.63) is 29.5 Å². The molecule has 4 nitrogen and oxygen atoms in total. The number of ether oxygens (including phenoxy) is 1. The fourth-order valence-electron chi connectivity index (χ4n) is 1.70. The molecule has 0 fully saturated rings. The van der Waals surface area contributed by atoms with Crippen molar-refractivity contribution in [2.45, 2.75) is 6.92 Å². The summed E-state index contributed by atoms with van der Waals surface area (Å²) >= 11 is 0. The number of rotatable bonds is 2. The molecule has 2 aromatic rings. The van der Waals surface area contributed by atoms with Gasteiger partial charge in [-0.15, -0.1) is 0 Å². The van der Waals surface area contributed by atoms with Gasteiger partial charge in [0.15, 0.2) is 0 Å². The summed E-state index contributed by atoms with van der Waals surface area (Å²) in [5, 5.41) is 9.61. The summed E-state index contributed by atoms with van der Waals surface area (Å²) in [6.07, 6.45) is 1.48. The Kier molecular flexibility index (Phi) is 2.11. The second-order valence-corrected chi connectivity index (χ2v) is 3.40. The summed E-state index contributed by atoms with van der Waals surface area (Å²) in [5.41, 5.74) is 2.05. The molecule has 2 rings (SSSR count). The highest BCUT2D eigenvalue weighted by Gasteiger charge is 2.14. The highest BCUT2D eigenvalue weighted by Crippen LogP contribution is 2.30. The molecule has 0 aliphatic carbocycles. The Morgan fingerprint density at radius 1 is 1.47 bits per heavy atom. The molecule has 15 heavy (non-hydrogen) atoms. The average molecular weight is 205 g/mol. The molecule has 1 aromatic carbocycles. The molecule has 0 aliphatic rings. The summed E-state index contributed by atoms with van der Waals surface area (Å²) in [4.78, 5) is 13.9. The van der Waals surface area contributed by atoms with Gasteiger partial charge in [-0.1, -0.05) is 0 Å². The molecule has 0 bridgehead atoms. The van der Waals surface area contributed by atoms with Gasteiger partial charge in [0.05, 0.1) is 23.6 Å². The zero-order valence-corrected chi connectivity index (χ0v) is 8.50. The minimum absolute atomic E-state index is 0.238. The van der Waals surface area contributed by atoms with Gasteiger partial charge in [0, 0.05) is 6.20 Å². The van der Waals surface area contributed by atoms with Crippen LogP contribution in [0.15, 0.2) is 18.3 Å². The van der Waals surface area contributed by atoms with Crippen LogP contribution in [0.2, 0.25) is 0 Å². The monoisotopic (exact) mass is 205 g/mol. The van der Waals surface area contributed by atoms with Gasteiger partial charge in [0.1, 0.15) is 5.75 Å². The molecule has 0 atom stereocenters. The molecule has 0 unspecified atom stereocenters. The molecule has 0 aliphatic heterocycles. The van der Waals surface area contributed by atoms with Crippen LogP contribution in [-0.4, -0.2) is 23.2 Å². The van der Waals surface area contributed by atoms with Crippen LogP contribution in [0.25, 0.3) is 10.9 Å². The van der Waals surface area contributed by atoms with Crippen molar-refractivity contribution in [1.82, 2.24) is 4.98 Å². The van der Waals surface area contributed by atoms with Crippen LogP contribution in [0, 0.1) is 6.92 Å². The van der Waals surface area contributed by atoms with Crippen molar-refractivity contribution in [1.29, 1.82) is 0 Å². The maximum absolute atomic E-state index is 11.0. The number of hydrogen-bond donors (Lipinski definition) is 2. The summed E-state index contributed by atoms with van der Waals surface area (Å²) in [6.45, 7) is 1.93. The molecular weight excluding hydrogens is 194 g/mol. The molecule has 1 aromatic heterocycles. The van der Waals surface area contributed by atoms with Crippen molar-refractivity contribution >= 4 is 16.9 Å². The number of H-pyrrole nitrogens is 1. The molecule has 1 heterocycles. The normalized spacial score (nSPS) is 10.5. The molecule has 2 N–H and O–H groups in total. The molecule has 0 saturated carbocycles. The number of methoxy groups -OCH3 is 1. The number of nitrogens with one attached hydrogen (secondary N) is 1. The van der Waals surface area contributed by atoms with E-state index >= 15 is 0 Å². The van der Waals surface area contributed by atoms with Crippen LogP contribution in [0.1, 0.15) is 15.9 Å². The molecule has 0 amide bonds. The van der Waals surface area contributed by atoms with E-state index in [1.807, 2.05) is 19.1 Å². The number of fused-ring (bicyclic) bond motifs is 1. The van der Waals surface area contributed by atoms with E-state index in [4.69, 9.17) is 9.84 Å². The zero-order chi connectivity index (χ0) is 11.0. The summed E-state index contributed by atoms with van der Waals surface area (Å²) in [7, 11) is 1.53. The number of carbonyl (C=O) groups is 1. The van der Waals surface area contributed by atoms with Gasteiger partial charge in [-0.2, -0.15) is 0 Å². The van der Waals surface area contributed by atoms with Crippen LogP contribution in [0.3, 0.4) is 0 Å². The third-order valence-electron chi connectivity index (χ3n) is 2.34. The van der Waals surface area contributed by atoms with Crippen molar-refractivity contribution in [3.8, 4) is 5.75 Å². The first-order valence-corrected chi connectivity index (χ1v) is 4.52. The lowest BCUT2D eigenvalue weighted by Gasteiger charge is -2.04. The Balaban J connectivity index is 2.83. The van der Waals surface area contributed by atoms with Crippen molar-refractivity contribution in [2.24, 2.45) is 0 Å². The lowest BCUT2D eigenvalue weighted by molar-refractivity contribution is 0.0699. The molecule has 0 spiro atoms. The van der Waals surface area contributed by atoms with E-state index in [9.17, 15) is 4.79 Å². The van der Waals surface area contributed by atoms with Crippen LogP contribution >= 0.6 is 0 Å². The van der Waals surface area contributed by atoms with Crippen molar-refractivity contribution in [3.63, 3.8) is 0 Å². The lowest BCUT2D eigenvalue weighted by Crippen LogP contribution is -1.95. The van der Waals surface area contributed by atoms with Gasteiger partial charge >= 0.3 is 5.97 Å². The second-order valence-electron chi connectivity index (χ2n) is 3.40. The first-order valence-electron chi connectivity index (χ1n) is 4.52. The standard InChI is InChI=1S/C11H11NO3/c1-6-3-8-10(9(4-6)15-2)7(5-12-8)11(13)14/h3-5,12H,1-2H3,(H,13,14). The number of carboxylic acids is 1. The molecule has 4 heteroatoms.